The number of halogens is 4. The van der Waals surface area contributed by atoms with Crippen molar-refractivity contribution in [2.24, 2.45) is 5.92 Å². The number of nitro groups is 1. The molecule has 0 aliphatic heterocycles. The van der Waals surface area contributed by atoms with E-state index in [2.05, 4.69) is 0 Å². The largest absolute Gasteiger partial charge is 0.490 e. The second kappa shape index (κ2) is 5.75. The fraction of sp³-hybridized carbons (Fsp3) is 0.300. The fourth-order valence-corrected chi connectivity index (χ4v) is 1.27. The van der Waals surface area contributed by atoms with E-state index in [-0.39, 0.29) is 16.5 Å². The van der Waals surface area contributed by atoms with Gasteiger partial charge in [-0.15, -0.1) is 0 Å². The zero-order valence-corrected chi connectivity index (χ0v) is 9.90. The third kappa shape index (κ3) is 3.99. The number of nitro benzene ring substituents is 1. The van der Waals surface area contributed by atoms with Crippen LogP contribution in [-0.4, -0.2) is 17.7 Å². The molecule has 0 saturated carbocycles. The van der Waals surface area contributed by atoms with Gasteiger partial charge in [0.2, 0.25) is 0 Å². The topological polar surface area (TPSA) is 76.2 Å². The minimum atomic E-state index is -4.73. The van der Waals surface area contributed by atoms with Crippen molar-refractivity contribution in [1.82, 2.24) is 0 Å². The molecule has 0 spiro atoms. The molecule has 0 amide bonds. The Bertz CT molecular complexity index is 528. The first-order chi connectivity index (χ1) is 8.75. The molecule has 1 aromatic carbocycles. The van der Waals surface area contributed by atoms with Crippen LogP contribution in [-0.2, 0) is 0 Å². The third-order valence-electron chi connectivity index (χ3n) is 2.08. The van der Waals surface area contributed by atoms with E-state index >= 15 is 0 Å². The SMILES string of the molecule is N#CC(COc1cc([N+](=O)[O-])ccc1Cl)C(F)(F)F. The van der Waals surface area contributed by atoms with Gasteiger partial charge in [-0.25, -0.2) is 0 Å². The molecule has 0 aliphatic carbocycles. The summed E-state index contributed by atoms with van der Waals surface area (Å²) in [4.78, 5) is 9.75. The number of benzene rings is 1. The molecule has 1 rings (SSSR count). The lowest BCUT2D eigenvalue weighted by Crippen LogP contribution is -2.27. The number of rotatable bonds is 4. The van der Waals surface area contributed by atoms with Crippen LogP contribution in [0.1, 0.15) is 0 Å². The molecule has 0 aliphatic rings. The summed E-state index contributed by atoms with van der Waals surface area (Å²) in [7, 11) is 0. The molecule has 1 atom stereocenters. The van der Waals surface area contributed by atoms with Crippen molar-refractivity contribution in [3.63, 3.8) is 0 Å². The zero-order chi connectivity index (χ0) is 14.6. The third-order valence-corrected chi connectivity index (χ3v) is 2.39. The Labute approximate surface area is 110 Å². The monoisotopic (exact) mass is 294 g/mol. The van der Waals surface area contributed by atoms with E-state index in [1.807, 2.05) is 0 Å². The number of nitriles is 1. The molecule has 102 valence electrons. The highest BCUT2D eigenvalue weighted by Gasteiger charge is 2.40. The van der Waals surface area contributed by atoms with Crippen LogP contribution in [0, 0.1) is 27.4 Å². The summed E-state index contributed by atoms with van der Waals surface area (Å²) >= 11 is 5.63. The number of non-ortho nitro benzene ring substituents is 1. The van der Waals surface area contributed by atoms with Crippen LogP contribution in [0.25, 0.3) is 0 Å². The Balaban J connectivity index is 2.86. The van der Waals surface area contributed by atoms with Gasteiger partial charge in [0.1, 0.15) is 12.4 Å². The maximum absolute atomic E-state index is 12.3. The molecule has 0 aromatic heterocycles. The number of alkyl halides is 3. The number of hydrogen-bond acceptors (Lipinski definition) is 4. The van der Waals surface area contributed by atoms with Crippen molar-refractivity contribution in [2.75, 3.05) is 6.61 Å². The quantitative estimate of drug-likeness (QED) is 0.630. The minimum absolute atomic E-state index is 0.0792. The highest BCUT2D eigenvalue weighted by Crippen LogP contribution is 2.31. The number of ether oxygens (including phenoxy) is 1. The molecule has 5 nitrogen and oxygen atoms in total. The van der Waals surface area contributed by atoms with E-state index in [9.17, 15) is 23.3 Å². The van der Waals surface area contributed by atoms with E-state index in [1.54, 1.807) is 0 Å². The van der Waals surface area contributed by atoms with Gasteiger partial charge in [-0.05, 0) is 6.07 Å². The van der Waals surface area contributed by atoms with Crippen LogP contribution in [0.3, 0.4) is 0 Å². The van der Waals surface area contributed by atoms with Crippen LogP contribution < -0.4 is 4.74 Å². The molecule has 9 heteroatoms. The van der Waals surface area contributed by atoms with Gasteiger partial charge in [0.15, 0.2) is 5.92 Å². The van der Waals surface area contributed by atoms with Gasteiger partial charge in [-0.2, -0.15) is 18.4 Å². The summed E-state index contributed by atoms with van der Waals surface area (Å²) in [5.74, 6) is -2.61. The summed E-state index contributed by atoms with van der Waals surface area (Å²) in [6.45, 7) is -0.985. The normalized spacial score (nSPS) is 12.6. The van der Waals surface area contributed by atoms with Crippen LogP contribution in [0.15, 0.2) is 18.2 Å². The first kappa shape index (κ1) is 15.0. The van der Waals surface area contributed by atoms with Crippen molar-refractivity contribution in [2.45, 2.75) is 6.18 Å². The van der Waals surface area contributed by atoms with Crippen molar-refractivity contribution >= 4 is 17.3 Å². The average Bonchev–Trinajstić information content (AvgIpc) is 2.30. The first-order valence-electron chi connectivity index (χ1n) is 4.78. The summed E-state index contributed by atoms with van der Waals surface area (Å²) in [5.41, 5.74) is -0.375. The lowest BCUT2D eigenvalue weighted by atomic mass is 10.2. The minimum Gasteiger partial charge on any atom is -0.490 e. The van der Waals surface area contributed by atoms with Crippen molar-refractivity contribution in [3.8, 4) is 11.8 Å². The van der Waals surface area contributed by atoms with Crippen LogP contribution in [0.2, 0.25) is 5.02 Å². The maximum Gasteiger partial charge on any atom is 0.407 e. The molecule has 1 aromatic rings. The second-order valence-corrected chi connectivity index (χ2v) is 3.81. The summed E-state index contributed by atoms with van der Waals surface area (Å²) in [5, 5.41) is 18.8. The van der Waals surface area contributed by atoms with Gasteiger partial charge in [-0.3, -0.25) is 10.1 Å². The van der Waals surface area contributed by atoms with Crippen molar-refractivity contribution in [3.05, 3.63) is 33.3 Å². The molecule has 19 heavy (non-hydrogen) atoms. The molecule has 0 N–H and O–H groups in total. The van der Waals surface area contributed by atoms with Gasteiger partial charge in [-0.1, -0.05) is 11.6 Å². The van der Waals surface area contributed by atoms with Gasteiger partial charge < -0.3 is 4.74 Å². The van der Waals surface area contributed by atoms with Gasteiger partial charge >= 0.3 is 6.18 Å². The number of nitrogens with zero attached hydrogens (tertiary/aromatic N) is 2. The van der Waals surface area contributed by atoms with Crippen LogP contribution in [0.5, 0.6) is 5.75 Å². The Morgan fingerprint density at radius 3 is 2.63 bits per heavy atom. The summed E-state index contributed by atoms with van der Waals surface area (Å²) in [6.07, 6.45) is -4.73. The number of hydrogen-bond donors (Lipinski definition) is 0. The molecule has 0 fully saturated rings. The molecule has 0 radical (unpaired) electrons. The predicted octanol–water partition coefficient (Wildman–Crippen LogP) is 3.33. The van der Waals surface area contributed by atoms with Crippen LogP contribution in [0.4, 0.5) is 18.9 Å². The van der Waals surface area contributed by atoms with E-state index in [0.717, 1.165) is 24.3 Å². The Morgan fingerprint density at radius 1 is 1.53 bits per heavy atom. The highest BCUT2D eigenvalue weighted by molar-refractivity contribution is 6.32. The Hall–Kier alpha value is -2.01. The molecule has 0 saturated heterocycles. The second-order valence-electron chi connectivity index (χ2n) is 3.41. The van der Waals surface area contributed by atoms with Crippen LogP contribution >= 0.6 is 11.6 Å². The molecular formula is C10H6ClF3N2O3. The molecule has 0 heterocycles. The average molecular weight is 295 g/mol. The molecular weight excluding hydrogens is 289 g/mol. The smallest absolute Gasteiger partial charge is 0.407 e. The first-order valence-corrected chi connectivity index (χ1v) is 5.16. The Kier molecular flexibility index (Phi) is 4.56. The Morgan fingerprint density at radius 2 is 2.16 bits per heavy atom. The summed E-state index contributed by atoms with van der Waals surface area (Å²) in [6, 6.07) is 4.15. The van der Waals surface area contributed by atoms with Gasteiger partial charge in [0, 0.05) is 6.07 Å². The molecule has 0 bridgehead atoms. The van der Waals surface area contributed by atoms with E-state index in [1.165, 1.54) is 0 Å². The fourth-order valence-electron chi connectivity index (χ4n) is 1.09. The van der Waals surface area contributed by atoms with Crippen molar-refractivity contribution in [1.29, 1.82) is 5.26 Å². The van der Waals surface area contributed by atoms with E-state index < -0.39 is 23.6 Å². The lowest BCUT2D eigenvalue weighted by molar-refractivity contribution is -0.384. The van der Waals surface area contributed by atoms with Crippen molar-refractivity contribution < 1.29 is 22.8 Å². The highest BCUT2D eigenvalue weighted by atomic mass is 35.5. The molecule has 1 unspecified atom stereocenters. The zero-order valence-electron chi connectivity index (χ0n) is 9.15. The summed E-state index contributed by atoms with van der Waals surface area (Å²) < 4.78 is 41.6. The lowest BCUT2D eigenvalue weighted by Gasteiger charge is -2.14. The van der Waals surface area contributed by atoms with E-state index in [4.69, 9.17) is 21.6 Å². The standard InChI is InChI=1S/C10H6ClF3N2O3/c11-8-2-1-7(16(17)18)3-9(8)19-5-6(4-15)10(12,13)14/h1-3,6H,5H2. The van der Waals surface area contributed by atoms with Gasteiger partial charge in [0.25, 0.3) is 5.69 Å². The predicted molar refractivity (Wildman–Crippen MR) is 58.8 cm³/mol. The van der Waals surface area contributed by atoms with E-state index in [0.29, 0.717) is 0 Å². The maximum atomic E-state index is 12.3. The van der Waals surface area contributed by atoms with Gasteiger partial charge in [0.05, 0.1) is 22.1 Å².